The molecule has 0 fully saturated rings. The lowest BCUT2D eigenvalue weighted by Gasteiger charge is -2.02. The number of nitrogens with zero attached hydrogens (tertiary/aromatic N) is 1. The van der Waals surface area contributed by atoms with Gasteiger partial charge >= 0.3 is 5.88 Å². The van der Waals surface area contributed by atoms with Crippen molar-refractivity contribution < 1.29 is 9.84 Å². The highest BCUT2D eigenvalue weighted by molar-refractivity contribution is 5.30. The fourth-order valence-electron chi connectivity index (χ4n) is 0.698. The monoisotopic (exact) mass is 152 g/mol. The van der Waals surface area contributed by atoms with Gasteiger partial charge in [0.2, 0.25) is 0 Å². The van der Waals surface area contributed by atoms with Crippen LogP contribution in [0.5, 0.6) is 11.6 Å². The number of hydrogen-bond acceptors (Lipinski definition) is 2. The van der Waals surface area contributed by atoms with Gasteiger partial charge in [0.25, 0.3) is 0 Å². The van der Waals surface area contributed by atoms with E-state index in [1.54, 1.807) is 12.1 Å². The topological polar surface area (TPSA) is 42.0 Å². The average molecular weight is 152 g/mol. The van der Waals surface area contributed by atoms with Gasteiger partial charge < -0.3 is 4.74 Å². The number of ether oxygens (including phenoxy) is 1. The fourth-order valence-corrected chi connectivity index (χ4v) is 0.698. The lowest BCUT2D eigenvalue weighted by Crippen LogP contribution is -1.95. The van der Waals surface area contributed by atoms with E-state index in [0.29, 0.717) is 12.4 Å². The van der Waals surface area contributed by atoms with Crippen molar-refractivity contribution in [2.75, 3.05) is 6.61 Å². The summed E-state index contributed by atoms with van der Waals surface area (Å²) < 4.78 is 5.11. The Labute approximate surface area is 65.7 Å². The molecule has 0 saturated heterocycles. The molecule has 0 bridgehead atoms. The van der Waals surface area contributed by atoms with Crippen LogP contribution >= 0.6 is 0 Å². The van der Waals surface area contributed by atoms with Crippen molar-refractivity contribution in [1.29, 1.82) is 0 Å². The zero-order valence-corrected chi connectivity index (χ0v) is 6.41. The van der Waals surface area contributed by atoms with Crippen LogP contribution in [-0.4, -0.2) is 11.6 Å². The molecule has 1 aromatic rings. The standard InChI is InChI=1S/C8H10NO2/c1-2-6-11-7-4-3-5-9-8(7)10/h3-5H,2,6H2,1H3. The molecule has 0 atom stereocenters. The van der Waals surface area contributed by atoms with E-state index in [1.807, 2.05) is 6.92 Å². The highest BCUT2D eigenvalue weighted by Crippen LogP contribution is 2.21. The van der Waals surface area contributed by atoms with Gasteiger partial charge in [-0.15, -0.1) is 0 Å². The maximum atomic E-state index is 10.9. The van der Waals surface area contributed by atoms with Crippen LogP contribution in [0, 0.1) is 0 Å². The predicted molar refractivity (Wildman–Crippen MR) is 40.2 cm³/mol. The summed E-state index contributed by atoms with van der Waals surface area (Å²) in [5.41, 5.74) is 0. The minimum absolute atomic E-state index is 0.291. The third kappa shape index (κ3) is 2.11. The third-order valence-corrected chi connectivity index (χ3v) is 1.20. The largest absolute Gasteiger partial charge is 0.488 e. The van der Waals surface area contributed by atoms with Gasteiger partial charge in [-0.25, -0.2) is 4.98 Å². The van der Waals surface area contributed by atoms with Crippen LogP contribution in [0.2, 0.25) is 0 Å². The zero-order chi connectivity index (χ0) is 8.10. The Kier molecular flexibility index (Phi) is 2.72. The van der Waals surface area contributed by atoms with Gasteiger partial charge in [0.1, 0.15) is 0 Å². The molecule has 1 rings (SSSR count). The second-order valence-corrected chi connectivity index (χ2v) is 2.16. The molecule has 3 nitrogen and oxygen atoms in total. The number of rotatable bonds is 3. The number of pyridine rings is 1. The fraction of sp³-hybridized carbons (Fsp3) is 0.375. The maximum absolute atomic E-state index is 10.9. The Morgan fingerprint density at radius 3 is 3.09 bits per heavy atom. The Bertz CT molecular complexity index is 225. The number of hydrogen-bond donors (Lipinski definition) is 0. The molecule has 0 saturated carbocycles. The molecule has 0 spiro atoms. The van der Waals surface area contributed by atoms with Gasteiger partial charge in [0.15, 0.2) is 5.75 Å². The number of aromatic nitrogens is 1. The van der Waals surface area contributed by atoms with Crippen molar-refractivity contribution in [3.63, 3.8) is 0 Å². The first-order valence-electron chi connectivity index (χ1n) is 3.59. The van der Waals surface area contributed by atoms with Crippen molar-refractivity contribution in [2.24, 2.45) is 0 Å². The lowest BCUT2D eigenvalue weighted by molar-refractivity contribution is 0.267. The van der Waals surface area contributed by atoms with E-state index in [2.05, 4.69) is 4.98 Å². The van der Waals surface area contributed by atoms with Crippen LogP contribution < -0.4 is 4.74 Å². The molecular formula is C8H10NO2. The SMILES string of the molecule is CCCOc1cccnc1[O]. The van der Waals surface area contributed by atoms with Gasteiger partial charge in [0.05, 0.1) is 6.61 Å². The van der Waals surface area contributed by atoms with Crippen LogP contribution in [-0.2, 0) is 5.11 Å². The highest BCUT2D eigenvalue weighted by Gasteiger charge is 2.01. The van der Waals surface area contributed by atoms with Gasteiger partial charge in [-0.2, -0.15) is 0 Å². The van der Waals surface area contributed by atoms with E-state index in [0.717, 1.165) is 6.42 Å². The smallest absolute Gasteiger partial charge is 0.311 e. The summed E-state index contributed by atoms with van der Waals surface area (Å²) in [4.78, 5) is 3.55. The van der Waals surface area contributed by atoms with Gasteiger partial charge in [-0.05, 0) is 18.6 Å². The molecule has 0 amide bonds. The van der Waals surface area contributed by atoms with E-state index in [-0.39, 0.29) is 5.88 Å². The quantitative estimate of drug-likeness (QED) is 0.664. The molecule has 0 aromatic carbocycles. The second-order valence-electron chi connectivity index (χ2n) is 2.16. The third-order valence-electron chi connectivity index (χ3n) is 1.20. The molecule has 0 unspecified atom stereocenters. The van der Waals surface area contributed by atoms with Crippen molar-refractivity contribution in [3.05, 3.63) is 18.3 Å². The predicted octanol–water partition coefficient (Wildman–Crippen LogP) is 2.01. The summed E-state index contributed by atoms with van der Waals surface area (Å²) in [6, 6.07) is 3.32. The van der Waals surface area contributed by atoms with E-state index in [4.69, 9.17) is 4.74 Å². The molecule has 0 aliphatic carbocycles. The lowest BCUT2D eigenvalue weighted by atomic mass is 10.4. The summed E-state index contributed by atoms with van der Waals surface area (Å²) in [7, 11) is 0. The molecule has 0 aliphatic heterocycles. The first-order valence-corrected chi connectivity index (χ1v) is 3.59. The van der Waals surface area contributed by atoms with Crippen molar-refractivity contribution in [2.45, 2.75) is 13.3 Å². The molecule has 0 aliphatic rings. The summed E-state index contributed by atoms with van der Waals surface area (Å²) >= 11 is 0. The zero-order valence-electron chi connectivity index (χ0n) is 6.41. The Hall–Kier alpha value is -1.25. The van der Waals surface area contributed by atoms with E-state index >= 15 is 0 Å². The minimum Gasteiger partial charge on any atom is -0.488 e. The molecular weight excluding hydrogens is 142 g/mol. The highest BCUT2D eigenvalue weighted by atomic mass is 16.5. The van der Waals surface area contributed by atoms with Crippen LogP contribution in [0.25, 0.3) is 0 Å². The first-order chi connectivity index (χ1) is 5.34. The van der Waals surface area contributed by atoms with Gasteiger partial charge in [0, 0.05) is 6.20 Å². The van der Waals surface area contributed by atoms with Crippen molar-refractivity contribution >= 4 is 0 Å². The van der Waals surface area contributed by atoms with E-state index in [9.17, 15) is 5.11 Å². The van der Waals surface area contributed by atoms with Crippen LogP contribution in [0.3, 0.4) is 0 Å². The van der Waals surface area contributed by atoms with E-state index in [1.165, 1.54) is 6.20 Å². The van der Waals surface area contributed by atoms with Crippen LogP contribution in [0.15, 0.2) is 18.3 Å². The average Bonchev–Trinajstić information content (AvgIpc) is 2.03. The first kappa shape index (κ1) is 7.85. The van der Waals surface area contributed by atoms with Crippen LogP contribution in [0.1, 0.15) is 13.3 Å². The van der Waals surface area contributed by atoms with Crippen molar-refractivity contribution in [1.82, 2.24) is 4.98 Å². The molecule has 1 heterocycles. The molecule has 1 aromatic heterocycles. The molecule has 11 heavy (non-hydrogen) atoms. The van der Waals surface area contributed by atoms with Gasteiger partial charge in [-0.3, -0.25) is 5.11 Å². The molecule has 59 valence electrons. The Morgan fingerprint density at radius 2 is 2.45 bits per heavy atom. The molecule has 0 N–H and O–H groups in total. The Morgan fingerprint density at radius 1 is 1.64 bits per heavy atom. The van der Waals surface area contributed by atoms with Crippen LogP contribution in [0.4, 0.5) is 0 Å². The summed E-state index contributed by atoms with van der Waals surface area (Å²) in [6.45, 7) is 2.56. The Balaban J connectivity index is 2.62. The maximum Gasteiger partial charge on any atom is 0.311 e. The van der Waals surface area contributed by atoms with Crippen molar-refractivity contribution in [3.8, 4) is 11.6 Å². The molecule has 1 radical (unpaired) electrons. The summed E-state index contributed by atoms with van der Waals surface area (Å²) in [6.07, 6.45) is 2.36. The summed E-state index contributed by atoms with van der Waals surface area (Å²) in [5, 5.41) is 10.9. The second kappa shape index (κ2) is 3.81. The van der Waals surface area contributed by atoms with E-state index < -0.39 is 0 Å². The normalized spacial score (nSPS) is 9.55. The summed E-state index contributed by atoms with van der Waals surface area (Å²) in [5.74, 6) is 0.0512. The molecule has 3 heteroatoms. The minimum atomic E-state index is -0.291. The van der Waals surface area contributed by atoms with Gasteiger partial charge in [-0.1, -0.05) is 6.92 Å².